The minimum absolute atomic E-state index is 0.0191. The zero-order valence-electron chi connectivity index (χ0n) is 15.0. The zero-order chi connectivity index (χ0) is 19.4. The van der Waals surface area contributed by atoms with Crippen LogP contribution < -0.4 is 10.2 Å². The molecule has 1 saturated heterocycles. The summed E-state index contributed by atoms with van der Waals surface area (Å²) in [5.41, 5.74) is 2.50. The molecule has 1 fully saturated rings. The fourth-order valence-corrected chi connectivity index (χ4v) is 3.60. The molecule has 140 valence electrons. The van der Waals surface area contributed by atoms with Crippen LogP contribution in [0.15, 0.2) is 30.3 Å². The minimum Gasteiger partial charge on any atom is -0.369 e. The number of nitrogens with zero attached hydrogens (tertiary/aromatic N) is 3. The zero-order valence-corrected chi connectivity index (χ0v) is 15.8. The molecule has 27 heavy (non-hydrogen) atoms. The number of hydrogen-bond donors (Lipinski definition) is 1. The van der Waals surface area contributed by atoms with E-state index in [-0.39, 0.29) is 11.8 Å². The van der Waals surface area contributed by atoms with E-state index in [1.54, 1.807) is 18.2 Å². The van der Waals surface area contributed by atoms with Crippen LogP contribution in [0.3, 0.4) is 0 Å². The summed E-state index contributed by atoms with van der Waals surface area (Å²) in [7, 11) is 0. The fraction of sp³-hybridized carbons (Fsp3) is 0.350. The predicted molar refractivity (Wildman–Crippen MR) is 102 cm³/mol. The second kappa shape index (κ2) is 8.36. The van der Waals surface area contributed by atoms with Crippen molar-refractivity contribution >= 4 is 23.2 Å². The molecule has 0 saturated carbocycles. The van der Waals surface area contributed by atoms with Crippen LogP contribution in [0.1, 0.15) is 29.7 Å². The number of nitriles is 1. The van der Waals surface area contributed by atoms with E-state index in [0.29, 0.717) is 48.9 Å². The number of rotatable bonds is 4. The molecule has 1 aromatic heterocycles. The monoisotopic (exact) mass is 386 g/mol. The van der Waals surface area contributed by atoms with Gasteiger partial charge in [0.15, 0.2) is 0 Å². The largest absolute Gasteiger partial charge is 0.369 e. The van der Waals surface area contributed by atoms with Crippen LogP contribution in [0.5, 0.6) is 0 Å². The number of amides is 1. The Morgan fingerprint density at radius 3 is 2.74 bits per heavy atom. The molecule has 1 aromatic carbocycles. The average molecular weight is 387 g/mol. The van der Waals surface area contributed by atoms with Crippen molar-refractivity contribution in [3.05, 3.63) is 58.1 Å². The first-order valence-corrected chi connectivity index (χ1v) is 9.19. The maximum absolute atomic E-state index is 14.2. The third-order valence-corrected chi connectivity index (χ3v) is 4.91. The summed E-state index contributed by atoms with van der Waals surface area (Å²) >= 11 is 5.94. The van der Waals surface area contributed by atoms with E-state index in [1.165, 1.54) is 6.07 Å². The molecule has 0 atom stereocenters. The van der Waals surface area contributed by atoms with Crippen molar-refractivity contribution in [2.75, 3.05) is 18.0 Å². The van der Waals surface area contributed by atoms with Gasteiger partial charge in [-0.15, -0.1) is 0 Å². The van der Waals surface area contributed by atoms with E-state index >= 15 is 0 Å². The Bertz CT molecular complexity index is 868. The van der Waals surface area contributed by atoms with Gasteiger partial charge in [0.05, 0.1) is 29.6 Å². The molecule has 0 radical (unpaired) electrons. The molecule has 7 heteroatoms. The van der Waals surface area contributed by atoms with Crippen LogP contribution in [-0.2, 0) is 11.3 Å². The molecule has 0 unspecified atom stereocenters. The lowest BCUT2D eigenvalue weighted by atomic mass is 9.95. The molecule has 0 spiro atoms. The number of carbonyl (C=O) groups excluding carboxylic acids is 1. The maximum Gasteiger partial charge on any atom is 0.223 e. The van der Waals surface area contributed by atoms with E-state index in [0.717, 1.165) is 11.3 Å². The lowest BCUT2D eigenvalue weighted by molar-refractivity contribution is -0.125. The van der Waals surface area contributed by atoms with E-state index in [2.05, 4.69) is 10.3 Å². The van der Waals surface area contributed by atoms with Crippen LogP contribution >= 0.6 is 11.6 Å². The summed E-state index contributed by atoms with van der Waals surface area (Å²) in [5, 5.41) is 12.2. The summed E-state index contributed by atoms with van der Waals surface area (Å²) in [6, 6.07) is 10.1. The standard InChI is InChI=1S/C20H20ClFN4O/c1-13-8-16(25-19(21)9-13)12-24-20(27)15-4-6-26(7-5-15)18-3-2-14(11-23)10-17(18)22/h2-3,8-10,15H,4-7,12H2,1H3,(H,24,27). The topological polar surface area (TPSA) is 69.0 Å². The first-order chi connectivity index (χ1) is 13.0. The molecule has 1 amide bonds. The number of anilines is 1. The van der Waals surface area contributed by atoms with Gasteiger partial charge in [-0.25, -0.2) is 9.37 Å². The van der Waals surface area contributed by atoms with Crippen molar-refractivity contribution in [1.82, 2.24) is 10.3 Å². The van der Waals surface area contributed by atoms with Gasteiger partial charge < -0.3 is 10.2 Å². The minimum atomic E-state index is -0.403. The number of pyridine rings is 1. The van der Waals surface area contributed by atoms with Gasteiger partial charge in [0.25, 0.3) is 0 Å². The van der Waals surface area contributed by atoms with Crippen LogP contribution in [0.2, 0.25) is 5.15 Å². The summed E-state index contributed by atoms with van der Waals surface area (Å²) in [5.74, 6) is -0.531. The van der Waals surface area contributed by atoms with Crippen LogP contribution in [0.25, 0.3) is 0 Å². The third-order valence-electron chi connectivity index (χ3n) is 4.72. The second-order valence-electron chi connectivity index (χ2n) is 6.72. The molecule has 2 aromatic rings. The Morgan fingerprint density at radius 2 is 2.11 bits per heavy atom. The highest BCUT2D eigenvalue weighted by molar-refractivity contribution is 6.29. The molecule has 3 rings (SSSR count). The fourth-order valence-electron chi connectivity index (χ4n) is 3.32. The highest BCUT2D eigenvalue weighted by atomic mass is 35.5. The number of nitrogens with one attached hydrogen (secondary N) is 1. The SMILES string of the molecule is Cc1cc(Cl)nc(CNC(=O)C2CCN(c3ccc(C#N)cc3F)CC2)c1. The van der Waals surface area contributed by atoms with Gasteiger partial charge in [0.2, 0.25) is 5.91 Å². The summed E-state index contributed by atoms with van der Waals surface area (Å²) < 4.78 is 14.2. The van der Waals surface area contributed by atoms with Crippen LogP contribution in [-0.4, -0.2) is 24.0 Å². The third kappa shape index (κ3) is 4.75. The number of hydrogen-bond acceptors (Lipinski definition) is 4. The van der Waals surface area contributed by atoms with Gasteiger partial charge in [-0.3, -0.25) is 4.79 Å². The lowest BCUT2D eigenvalue weighted by Crippen LogP contribution is -2.40. The van der Waals surface area contributed by atoms with Crippen molar-refractivity contribution in [2.45, 2.75) is 26.3 Å². The quantitative estimate of drug-likeness (QED) is 0.815. The molecule has 0 bridgehead atoms. The summed E-state index contributed by atoms with van der Waals surface area (Å²) in [6.07, 6.45) is 1.29. The molecule has 1 aliphatic heterocycles. The maximum atomic E-state index is 14.2. The number of aromatic nitrogens is 1. The normalized spacial score (nSPS) is 14.7. The second-order valence-corrected chi connectivity index (χ2v) is 7.10. The number of piperidine rings is 1. The van der Waals surface area contributed by atoms with Gasteiger partial charge in [-0.05, 0) is 55.7 Å². The van der Waals surface area contributed by atoms with Crippen molar-refractivity contribution in [1.29, 1.82) is 5.26 Å². The van der Waals surface area contributed by atoms with Crippen LogP contribution in [0, 0.1) is 30.0 Å². The van der Waals surface area contributed by atoms with E-state index in [4.69, 9.17) is 16.9 Å². The van der Waals surface area contributed by atoms with Crippen molar-refractivity contribution in [3.8, 4) is 6.07 Å². The molecule has 1 aliphatic rings. The summed E-state index contributed by atoms with van der Waals surface area (Å²) in [4.78, 5) is 18.6. The van der Waals surface area contributed by atoms with Gasteiger partial charge in [0.1, 0.15) is 11.0 Å². The average Bonchev–Trinajstić information content (AvgIpc) is 2.65. The van der Waals surface area contributed by atoms with E-state index in [9.17, 15) is 9.18 Å². The molecular weight excluding hydrogens is 367 g/mol. The van der Waals surface area contributed by atoms with Crippen molar-refractivity contribution < 1.29 is 9.18 Å². The number of carbonyl (C=O) groups is 1. The molecule has 5 nitrogen and oxygen atoms in total. The Labute approximate surface area is 162 Å². The number of aryl methyl sites for hydroxylation is 1. The lowest BCUT2D eigenvalue weighted by Gasteiger charge is -2.33. The Hall–Kier alpha value is -2.65. The number of benzene rings is 1. The van der Waals surface area contributed by atoms with Gasteiger partial charge in [-0.2, -0.15) is 5.26 Å². The molecular formula is C20H20ClFN4O. The molecule has 2 heterocycles. The first-order valence-electron chi connectivity index (χ1n) is 8.81. The van der Waals surface area contributed by atoms with Gasteiger partial charge in [0, 0.05) is 19.0 Å². The highest BCUT2D eigenvalue weighted by Gasteiger charge is 2.26. The van der Waals surface area contributed by atoms with Crippen LogP contribution in [0.4, 0.5) is 10.1 Å². The highest BCUT2D eigenvalue weighted by Crippen LogP contribution is 2.26. The molecule has 1 N–H and O–H groups in total. The predicted octanol–water partition coefficient (Wildman–Crippen LogP) is 3.59. The number of halogens is 2. The van der Waals surface area contributed by atoms with E-state index in [1.807, 2.05) is 24.0 Å². The Balaban J connectivity index is 1.54. The Morgan fingerprint density at radius 1 is 1.37 bits per heavy atom. The van der Waals surface area contributed by atoms with Crippen molar-refractivity contribution in [3.63, 3.8) is 0 Å². The molecule has 0 aliphatic carbocycles. The van der Waals surface area contributed by atoms with Gasteiger partial charge >= 0.3 is 0 Å². The smallest absolute Gasteiger partial charge is 0.223 e. The summed E-state index contributed by atoms with van der Waals surface area (Å²) in [6.45, 7) is 3.45. The van der Waals surface area contributed by atoms with Gasteiger partial charge in [-0.1, -0.05) is 11.6 Å². The van der Waals surface area contributed by atoms with E-state index < -0.39 is 5.82 Å². The first kappa shape index (κ1) is 19.1. The van der Waals surface area contributed by atoms with Crippen molar-refractivity contribution in [2.24, 2.45) is 5.92 Å². The Kier molecular flexibility index (Phi) is 5.92.